The largest absolute Gasteiger partial charge is 0.478 e. The molecule has 4 nitrogen and oxygen atoms in total. The van der Waals surface area contributed by atoms with Crippen LogP contribution in [0.3, 0.4) is 0 Å². The van der Waals surface area contributed by atoms with E-state index >= 15 is 0 Å². The van der Waals surface area contributed by atoms with Crippen LogP contribution >= 0.6 is 11.3 Å². The van der Waals surface area contributed by atoms with E-state index in [4.69, 9.17) is 0 Å². The van der Waals surface area contributed by atoms with Crippen LogP contribution in [-0.4, -0.2) is 17.0 Å². The van der Waals surface area contributed by atoms with Crippen molar-refractivity contribution in [2.24, 2.45) is 0 Å². The Labute approximate surface area is 127 Å². The molecule has 0 aliphatic rings. The van der Waals surface area contributed by atoms with Gasteiger partial charge in [-0.25, -0.2) is 4.79 Å². The van der Waals surface area contributed by atoms with Gasteiger partial charge >= 0.3 is 5.97 Å². The molecule has 0 atom stereocenters. The van der Waals surface area contributed by atoms with Gasteiger partial charge in [0.2, 0.25) is 0 Å². The zero-order valence-corrected chi connectivity index (χ0v) is 13.2. The second-order valence-electron chi connectivity index (χ2n) is 5.11. The topological polar surface area (TPSA) is 66.4 Å². The van der Waals surface area contributed by atoms with Crippen molar-refractivity contribution in [3.63, 3.8) is 0 Å². The van der Waals surface area contributed by atoms with E-state index in [1.54, 1.807) is 13.0 Å². The van der Waals surface area contributed by atoms with Crippen molar-refractivity contribution in [1.82, 2.24) is 0 Å². The van der Waals surface area contributed by atoms with Crippen molar-refractivity contribution in [2.75, 3.05) is 5.32 Å². The highest BCUT2D eigenvalue weighted by atomic mass is 32.1. The van der Waals surface area contributed by atoms with Gasteiger partial charge in [-0.1, -0.05) is 6.07 Å². The molecule has 0 saturated carbocycles. The van der Waals surface area contributed by atoms with E-state index in [1.807, 2.05) is 32.9 Å². The van der Waals surface area contributed by atoms with Crippen LogP contribution in [0.4, 0.5) is 5.69 Å². The third-order valence-electron chi connectivity index (χ3n) is 3.34. The van der Waals surface area contributed by atoms with Crippen molar-refractivity contribution >= 4 is 28.9 Å². The smallest absolute Gasteiger partial charge is 0.337 e. The summed E-state index contributed by atoms with van der Waals surface area (Å²) in [5.41, 5.74) is 3.13. The number of hydrogen-bond donors (Lipinski definition) is 2. The monoisotopic (exact) mass is 303 g/mol. The zero-order chi connectivity index (χ0) is 15.7. The van der Waals surface area contributed by atoms with Gasteiger partial charge in [-0.05, 0) is 56.5 Å². The van der Waals surface area contributed by atoms with Gasteiger partial charge in [0.1, 0.15) is 0 Å². The zero-order valence-electron chi connectivity index (χ0n) is 12.4. The second kappa shape index (κ2) is 5.69. The first-order valence-corrected chi connectivity index (χ1v) is 7.34. The summed E-state index contributed by atoms with van der Waals surface area (Å²) in [5.74, 6) is -1.32. The van der Waals surface area contributed by atoms with Crippen molar-refractivity contribution in [3.05, 3.63) is 50.2 Å². The van der Waals surface area contributed by atoms with Crippen LogP contribution in [-0.2, 0) is 0 Å². The lowest BCUT2D eigenvalue weighted by atomic mass is 10.0. The first-order valence-electron chi connectivity index (χ1n) is 6.52. The van der Waals surface area contributed by atoms with E-state index in [1.165, 1.54) is 11.3 Å². The molecule has 21 heavy (non-hydrogen) atoms. The number of aryl methyl sites for hydroxylation is 4. The number of benzene rings is 1. The van der Waals surface area contributed by atoms with Crippen LogP contribution in [0.15, 0.2) is 18.2 Å². The molecule has 0 saturated heterocycles. The number of carboxylic acids is 1. The van der Waals surface area contributed by atoms with E-state index in [0.717, 1.165) is 21.6 Å². The number of rotatable bonds is 3. The quantitative estimate of drug-likeness (QED) is 0.902. The molecule has 2 aromatic rings. The Balaban J connectivity index is 2.39. The summed E-state index contributed by atoms with van der Waals surface area (Å²) < 4.78 is 0. The third-order valence-corrected chi connectivity index (χ3v) is 4.49. The number of amides is 1. The molecule has 110 valence electrons. The first kappa shape index (κ1) is 15.3. The molecule has 2 rings (SSSR count). The van der Waals surface area contributed by atoms with E-state index in [9.17, 15) is 14.7 Å². The summed E-state index contributed by atoms with van der Waals surface area (Å²) in [6.07, 6.45) is 0. The summed E-state index contributed by atoms with van der Waals surface area (Å²) in [6.45, 7) is 7.52. The van der Waals surface area contributed by atoms with Gasteiger partial charge < -0.3 is 10.4 Å². The number of carbonyl (C=O) groups excluding carboxylic acids is 1. The molecular weight excluding hydrogens is 286 g/mol. The first-order chi connectivity index (χ1) is 9.79. The summed E-state index contributed by atoms with van der Waals surface area (Å²) in [4.78, 5) is 25.3. The van der Waals surface area contributed by atoms with E-state index < -0.39 is 5.97 Å². The molecule has 0 spiro atoms. The van der Waals surface area contributed by atoms with E-state index in [-0.39, 0.29) is 11.5 Å². The Morgan fingerprint density at radius 3 is 2.24 bits per heavy atom. The minimum atomic E-state index is -1.05. The highest BCUT2D eigenvalue weighted by Crippen LogP contribution is 2.26. The molecule has 1 amide bonds. The summed E-state index contributed by atoms with van der Waals surface area (Å²) in [6, 6.07) is 5.24. The molecule has 0 aliphatic heterocycles. The van der Waals surface area contributed by atoms with Crippen LogP contribution in [0.1, 0.15) is 41.6 Å². The number of nitrogens with one attached hydrogen (secondary N) is 1. The Kier molecular flexibility index (Phi) is 4.14. The minimum Gasteiger partial charge on any atom is -0.478 e. The highest BCUT2D eigenvalue weighted by molar-refractivity contribution is 7.14. The Morgan fingerprint density at radius 2 is 1.71 bits per heavy atom. The minimum absolute atomic E-state index is 0.117. The average Bonchev–Trinajstić information content (AvgIpc) is 2.72. The number of aromatic carboxylic acids is 1. The summed E-state index contributed by atoms with van der Waals surface area (Å²) in [5, 5.41) is 12.0. The van der Waals surface area contributed by atoms with Crippen LogP contribution < -0.4 is 5.32 Å². The van der Waals surface area contributed by atoms with Crippen molar-refractivity contribution < 1.29 is 14.7 Å². The lowest BCUT2D eigenvalue weighted by molar-refractivity contribution is 0.0698. The number of thiophene rings is 1. The molecule has 2 N–H and O–H groups in total. The highest BCUT2D eigenvalue weighted by Gasteiger charge is 2.18. The van der Waals surface area contributed by atoms with Gasteiger partial charge in [0.05, 0.1) is 16.1 Å². The van der Waals surface area contributed by atoms with Crippen LogP contribution in [0.2, 0.25) is 0 Å². The summed E-state index contributed by atoms with van der Waals surface area (Å²) >= 11 is 1.41. The molecule has 0 bridgehead atoms. The molecule has 1 heterocycles. The Hall–Kier alpha value is -2.14. The van der Waals surface area contributed by atoms with Crippen LogP contribution in [0.25, 0.3) is 0 Å². The molecule has 5 heteroatoms. The number of carboxylic acid groups (broad SMARTS) is 1. The summed E-state index contributed by atoms with van der Waals surface area (Å²) in [7, 11) is 0. The standard InChI is InChI=1S/C16H17NO3S/c1-8-5-10(3)14(12(6-8)16(19)20)17-15(18)13-7-9(2)11(4)21-13/h5-7H,1-4H3,(H,17,18)(H,19,20). The fraction of sp³-hybridized carbons (Fsp3) is 0.250. The van der Waals surface area contributed by atoms with Crippen molar-refractivity contribution in [3.8, 4) is 0 Å². The number of anilines is 1. The van der Waals surface area contributed by atoms with E-state index in [0.29, 0.717) is 10.6 Å². The van der Waals surface area contributed by atoms with E-state index in [2.05, 4.69) is 5.32 Å². The van der Waals surface area contributed by atoms with Gasteiger partial charge in [-0.2, -0.15) is 0 Å². The lowest BCUT2D eigenvalue weighted by Gasteiger charge is -2.12. The third kappa shape index (κ3) is 3.13. The predicted molar refractivity (Wildman–Crippen MR) is 84.6 cm³/mol. The second-order valence-corrected chi connectivity index (χ2v) is 6.37. The fourth-order valence-electron chi connectivity index (χ4n) is 2.16. The molecular formula is C16H17NO3S. The molecule has 0 fully saturated rings. The molecule has 0 aliphatic carbocycles. The van der Waals surface area contributed by atoms with Crippen LogP contribution in [0.5, 0.6) is 0 Å². The van der Waals surface area contributed by atoms with Crippen molar-refractivity contribution in [2.45, 2.75) is 27.7 Å². The molecule has 1 aromatic carbocycles. The maximum absolute atomic E-state index is 12.3. The normalized spacial score (nSPS) is 10.5. The van der Waals surface area contributed by atoms with Gasteiger partial charge in [0.15, 0.2) is 0 Å². The predicted octanol–water partition coefficient (Wildman–Crippen LogP) is 3.93. The van der Waals surface area contributed by atoms with Gasteiger partial charge in [-0.3, -0.25) is 4.79 Å². The van der Waals surface area contributed by atoms with Gasteiger partial charge in [0, 0.05) is 4.88 Å². The molecule has 1 aromatic heterocycles. The van der Waals surface area contributed by atoms with Crippen LogP contribution in [0, 0.1) is 27.7 Å². The van der Waals surface area contributed by atoms with Gasteiger partial charge in [-0.15, -0.1) is 11.3 Å². The SMILES string of the molecule is Cc1cc(C)c(NC(=O)c2cc(C)c(C)s2)c(C(=O)O)c1. The fourth-order valence-corrected chi connectivity index (χ4v) is 3.09. The molecule has 0 unspecified atom stereocenters. The number of carbonyl (C=O) groups is 2. The number of hydrogen-bond acceptors (Lipinski definition) is 3. The lowest BCUT2D eigenvalue weighted by Crippen LogP contribution is -2.15. The maximum atomic E-state index is 12.3. The van der Waals surface area contributed by atoms with Gasteiger partial charge in [0.25, 0.3) is 5.91 Å². The van der Waals surface area contributed by atoms with Crippen molar-refractivity contribution in [1.29, 1.82) is 0 Å². The maximum Gasteiger partial charge on any atom is 0.337 e. The average molecular weight is 303 g/mol. The Bertz CT molecular complexity index is 712. The molecule has 0 radical (unpaired) electrons. The Morgan fingerprint density at radius 1 is 1.05 bits per heavy atom.